The third-order valence-electron chi connectivity index (χ3n) is 4.59. The third-order valence-corrected chi connectivity index (χ3v) is 4.59. The highest BCUT2D eigenvalue weighted by Gasteiger charge is 2.28. The first-order chi connectivity index (χ1) is 17.5. The Hall–Kier alpha value is -4.03. The van der Waals surface area contributed by atoms with Crippen LogP contribution in [0.15, 0.2) is 0 Å². The van der Waals surface area contributed by atoms with E-state index in [1.807, 2.05) is 10.9 Å². The lowest BCUT2D eigenvalue weighted by molar-refractivity contribution is -0.137. The topological polar surface area (TPSA) is 277 Å². The fraction of sp³-hybridized carbons (Fsp3) is 0.632. The van der Waals surface area contributed by atoms with E-state index in [0.29, 0.717) is 0 Å². The second kappa shape index (κ2) is 16.6. The molecule has 0 radical (unpaired) electrons. The maximum Gasteiger partial charge on any atom is 0.316 e. The predicted octanol–water partition coefficient (Wildman–Crippen LogP) is -5.45. The number of carboxylic acids is 1. The lowest BCUT2D eigenvalue weighted by Crippen LogP contribution is -2.59. The maximum absolute atomic E-state index is 12.5. The quantitative estimate of drug-likeness (QED) is 0.155. The molecule has 1 heterocycles. The molecule has 1 fully saturated rings. The van der Waals surface area contributed by atoms with Crippen LogP contribution < -0.4 is 37.9 Å². The fourth-order valence-corrected chi connectivity index (χ4v) is 2.79. The van der Waals surface area contributed by atoms with Crippen LogP contribution in [-0.4, -0.2) is 109 Å². The van der Waals surface area contributed by atoms with Crippen molar-refractivity contribution >= 4 is 41.5 Å². The molecule has 1 rings (SSSR count). The minimum Gasteiger partial charge on any atom is -0.481 e. The van der Waals surface area contributed by atoms with Crippen LogP contribution in [0.2, 0.25) is 0 Å². The van der Waals surface area contributed by atoms with Crippen LogP contribution >= 0.6 is 0 Å². The van der Waals surface area contributed by atoms with Crippen molar-refractivity contribution in [3.8, 4) is 0 Å². The Balaban J connectivity index is 3.02. The van der Waals surface area contributed by atoms with Crippen molar-refractivity contribution in [3.63, 3.8) is 0 Å². The Bertz CT molecular complexity index is 854. The first-order valence-corrected chi connectivity index (χ1v) is 11.0. The molecule has 0 aromatic heterocycles. The minimum absolute atomic E-state index is 0.00907. The van der Waals surface area contributed by atoms with E-state index < -0.39 is 85.7 Å². The molecule has 10 N–H and O–H groups in total. The van der Waals surface area contributed by atoms with Gasteiger partial charge in [-0.25, -0.2) is 4.79 Å². The zero-order valence-corrected chi connectivity index (χ0v) is 19.7. The number of amides is 7. The summed E-state index contributed by atoms with van der Waals surface area (Å²) in [4.78, 5) is 83.8. The molecule has 0 aromatic carbocycles. The summed E-state index contributed by atoms with van der Waals surface area (Å²) in [5.74, 6) is -5.86. The molecule has 0 bridgehead atoms. The van der Waals surface area contributed by atoms with Gasteiger partial charge in [0.15, 0.2) is 0 Å². The van der Waals surface area contributed by atoms with E-state index in [9.17, 15) is 38.7 Å². The number of carbonyl (C=O) groups excluding carboxylic acids is 6. The minimum atomic E-state index is -1.63. The molecule has 7 amide bonds. The molecule has 1 saturated heterocycles. The van der Waals surface area contributed by atoms with E-state index in [0.717, 1.165) is 0 Å². The maximum atomic E-state index is 12.5. The summed E-state index contributed by atoms with van der Waals surface area (Å²) in [5, 5.41) is 27.3. The zero-order chi connectivity index (χ0) is 27.8. The van der Waals surface area contributed by atoms with Gasteiger partial charge in [0.1, 0.15) is 24.7 Å². The summed E-state index contributed by atoms with van der Waals surface area (Å²) < 4.78 is 10.3. The molecule has 0 saturated carbocycles. The number of carboxylic acid groups (broad SMARTS) is 1. The Kier molecular flexibility index (Phi) is 13.9. The highest BCUT2D eigenvalue weighted by atomic mass is 16.5. The van der Waals surface area contributed by atoms with Crippen molar-refractivity contribution in [2.24, 2.45) is 5.73 Å². The number of carbonyl (C=O) groups is 7. The van der Waals surface area contributed by atoms with Crippen LogP contribution in [-0.2, 0) is 38.2 Å². The molecule has 18 heteroatoms. The molecule has 1 aliphatic heterocycles. The Labute approximate surface area is 210 Å². The van der Waals surface area contributed by atoms with Crippen LogP contribution in [0.1, 0.15) is 19.3 Å². The SMILES string of the molecule is NC(=O)C[C@@H]1NC(=O)N[C@@H](CCC(=O)O)C(=O)NCCOCCOCC(=O)N[C@@H](CO)C(=O)NNC1=O. The van der Waals surface area contributed by atoms with Gasteiger partial charge in [-0.1, -0.05) is 0 Å². The second-order valence-electron chi connectivity index (χ2n) is 7.56. The number of aliphatic hydroxyl groups is 1. The first kappa shape index (κ1) is 31.0. The highest BCUT2D eigenvalue weighted by Crippen LogP contribution is 2.00. The molecule has 0 spiro atoms. The van der Waals surface area contributed by atoms with Gasteiger partial charge in [0.2, 0.25) is 17.7 Å². The number of hydrazine groups is 1. The van der Waals surface area contributed by atoms with Gasteiger partial charge in [-0.2, -0.15) is 0 Å². The molecule has 18 nitrogen and oxygen atoms in total. The van der Waals surface area contributed by atoms with Crippen LogP contribution in [0.4, 0.5) is 4.79 Å². The van der Waals surface area contributed by atoms with Crippen molar-refractivity contribution in [3.05, 3.63) is 0 Å². The van der Waals surface area contributed by atoms with Gasteiger partial charge in [0.25, 0.3) is 11.8 Å². The zero-order valence-electron chi connectivity index (χ0n) is 19.7. The Morgan fingerprint density at radius 2 is 1.49 bits per heavy atom. The fourth-order valence-electron chi connectivity index (χ4n) is 2.79. The van der Waals surface area contributed by atoms with E-state index in [1.54, 1.807) is 0 Å². The number of aliphatic hydroxyl groups excluding tert-OH is 1. The summed E-state index contributed by atoms with van der Waals surface area (Å²) in [6.45, 7) is -1.26. The van der Waals surface area contributed by atoms with Gasteiger partial charge >= 0.3 is 12.0 Å². The van der Waals surface area contributed by atoms with E-state index in [2.05, 4.69) is 21.3 Å². The van der Waals surface area contributed by atoms with E-state index in [4.69, 9.17) is 20.3 Å². The van der Waals surface area contributed by atoms with Gasteiger partial charge < -0.3 is 46.7 Å². The number of nitrogens with one attached hydrogen (secondary N) is 6. The van der Waals surface area contributed by atoms with Gasteiger partial charge in [-0.15, -0.1) is 0 Å². The number of nitrogens with two attached hydrogens (primary N) is 1. The van der Waals surface area contributed by atoms with Crippen molar-refractivity contribution in [2.75, 3.05) is 39.6 Å². The number of primary amides is 1. The summed E-state index contributed by atoms with van der Waals surface area (Å²) in [5.41, 5.74) is 8.95. The number of hydrogen-bond donors (Lipinski definition) is 9. The molecule has 208 valence electrons. The van der Waals surface area contributed by atoms with Crippen molar-refractivity contribution in [1.29, 1.82) is 0 Å². The first-order valence-electron chi connectivity index (χ1n) is 11.0. The van der Waals surface area contributed by atoms with Gasteiger partial charge in [-0.05, 0) is 6.42 Å². The number of aliphatic carboxylic acids is 1. The number of urea groups is 1. The molecule has 0 unspecified atom stereocenters. The van der Waals surface area contributed by atoms with Crippen LogP contribution in [0.3, 0.4) is 0 Å². The number of rotatable bonds is 6. The summed E-state index contributed by atoms with van der Waals surface area (Å²) in [6, 6.07) is -5.54. The standard InChI is InChI=1S/C19H31N7O11/c20-13(28)7-11-17(33)25-26-18(34)12(8-27)22-14(29)9-37-6-5-36-4-3-21-16(32)10(1-2-15(30)31)23-19(35)24-11/h10-12,27H,1-9H2,(H2,20,28)(H,21,32)(H,22,29)(H,25,33)(H,26,34)(H,30,31)(H2,23,24,35)/t10-,11-,12-/m0/s1. The molecule has 3 atom stereocenters. The molecular formula is C19H31N7O11. The van der Waals surface area contributed by atoms with Gasteiger partial charge in [0.05, 0.1) is 32.8 Å². The number of ether oxygens (including phenoxy) is 2. The Morgan fingerprint density at radius 1 is 0.865 bits per heavy atom. The molecule has 37 heavy (non-hydrogen) atoms. The van der Waals surface area contributed by atoms with E-state index >= 15 is 0 Å². The number of hydrogen-bond acceptors (Lipinski definition) is 10. The summed E-state index contributed by atoms with van der Waals surface area (Å²) in [7, 11) is 0. The van der Waals surface area contributed by atoms with Crippen molar-refractivity contribution in [1.82, 2.24) is 32.1 Å². The van der Waals surface area contributed by atoms with E-state index in [1.165, 1.54) is 0 Å². The van der Waals surface area contributed by atoms with Crippen molar-refractivity contribution < 1.29 is 53.2 Å². The molecular weight excluding hydrogens is 502 g/mol. The molecule has 1 aliphatic rings. The van der Waals surface area contributed by atoms with Crippen LogP contribution in [0.5, 0.6) is 0 Å². The molecule has 0 aromatic rings. The van der Waals surface area contributed by atoms with Crippen LogP contribution in [0.25, 0.3) is 0 Å². The highest BCUT2D eigenvalue weighted by molar-refractivity contribution is 5.94. The summed E-state index contributed by atoms with van der Waals surface area (Å²) in [6.07, 6.45) is -1.48. The van der Waals surface area contributed by atoms with Gasteiger partial charge in [0, 0.05) is 13.0 Å². The smallest absolute Gasteiger partial charge is 0.316 e. The average molecular weight is 533 g/mol. The van der Waals surface area contributed by atoms with Gasteiger partial charge in [-0.3, -0.25) is 39.6 Å². The molecule has 0 aliphatic carbocycles. The lowest BCUT2D eigenvalue weighted by Gasteiger charge is -2.22. The second-order valence-corrected chi connectivity index (χ2v) is 7.56. The normalized spacial score (nSPS) is 23.6. The third kappa shape index (κ3) is 13.0. The average Bonchev–Trinajstić information content (AvgIpc) is 2.83. The van der Waals surface area contributed by atoms with E-state index in [-0.39, 0.29) is 32.8 Å². The predicted molar refractivity (Wildman–Crippen MR) is 120 cm³/mol. The largest absolute Gasteiger partial charge is 0.481 e. The van der Waals surface area contributed by atoms with Crippen molar-refractivity contribution in [2.45, 2.75) is 37.4 Å². The lowest BCUT2D eigenvalue weighted by atomic mass is 10.1. The summed E-state index contributed by atoms with van der Waals surface area (Å²) >= 11 is 0. The van der Waals surface area contributed by atoms with Crippen LogP contribution in [0, 0.1) is 0 Å². The Morgan fingerprint density at radius 3 is 2.11 bits per heavy atom. The monoisotopic (exact) mass is 533 g/mol.